The van der Waals surface area contributed by atoms with Gasteiger partial charge in [0.2, 0.25) is 0 Å². The highest BCUT2D eigenvalue weighted by molar-refractivity contribution is 7.15. The Kier molecular flexibility index (Phi) is 4.26. The van der Waals surface area contributed by atoms with E-state index >= 15 is 0 Å². The molecule has 0 spiro atoms. The molecule has 1 aliphatic rings. The summed E-state index contributed by atoms with van der Waals surface area (Å²) in [7, 11) is 4.12. The largest absolute Gasteiger partial charge is 0.344 e. The number of thiazole rings is 1. The van der Waals surface area contributed by atoms with Gasteiger partial charge in [0.25, 0.3) is 0 Å². The molecule has 1 fully saturated rings. The zero-order valence-electron chi connectivity index (χ0n) is 13.0. The SMILES string of the molecule is CCc1nc(N(C)Cc2nccn2C)sc1CNC1CC1. The number of nitrogens with zero attached hydrogens (tertiary/aromatic N) is 4. The molecule has 0 amide bonds. The summed E-state index contributed by atoms with van der Waals surface area (Å²) in [6, 6.07) is 0.741. The van der Waals surface area contributed by atoms with Crippen molar-refractivity contribution in [3.05, 3.63) is 28.8 Å². The first kappa shape index (κ1) is 14.5. The van der Waals surface area contributed by atoms with Gasteiger partial charge in [-0.2, -0.15) is 0 Å². The Balaban J connectivity index is 1.69. The molecule has 6 heteroatoms. The van der Waals surface area contributed by atoms with E-state index in [4.69, 9.17) is 4.98 Å². The van der Waals surface area contributed by atoms with Crippen LogP contribution in [0.2, 0.25) is 0 Å². The summed E-state index contributed by atoms with van der Waals surface area (Å²) < 4.78 is 2.06. The Labute approximate surface area is 130 Å². The summed E-state index contributed by atoms with van der Waals surface area (Å²) in [4.78, 5) is 12.8. The van der Waals surface area contributed by atoms with Crippen molar-refractivity contribution in [2.45, 2.75) is 45.3 Å². The summed E-state index contributed by atoms with van der Waals surface area (Å²) in [6.07, 6.45) is 7.47. The molecule has 5 nitrogen and oxygen atoms in total. The molecule has 0 bridgehead atoms. The van der Waals surface area contributed by atoms with Crippen molar-refractivity contribution >= 4 is 16.5 Å². The van der Waals surface area contributed by atoms with Gasteiger partial charge in [0.05, 0.1) is 12.2 Å². The number of imidazole rings is 1. The molecular formula is C15H23N5S. The van der Waals surface area contributed by atoms with Gasteiger partial charge >= 0.3 is 0 Å². The van der Waals surface area contributed by atoms with Gasteiger partial charge in [-0.15, -0.1) is 11.3 Å². The zero-order valence-corrected chi connectivity index (χ0v) is 13.8. The van der Waals surface area contributed by atoms with Crippen LogP contribution in [-0.2, 0) is 26.6 Å². The Morgan fingerprint density at radius 3 is 2.90 bits per heavy atom. The number of rotatable bonds is 7. The van der Waals surface area contributed by atoms with E-state index in [-0.39, 0.29) is 0 Å². The second-order valence-electron chi connectivity index (χ2n) is 5.69. The molecule has 2 aromatic heterocycles. The molecule has 1 saturated carbocycles. The molecule has 114 valence electrons. The monoisotopic (exact) mass is 305 g/mol. The molecule has 0 aromatic carbocycles. The van der Waals surface area contributed by atoms with Gasteiger partial charge in [-0.05, 0) is 19.3 Å². The average Bonchev–Trinajstić information content (AvgIpc) is 3.08. The molecule has 1 aliphatic carbocycles. The maximum Gasteiger partial charge on any atom is 0.185 e. The van der Waals surface area contributed by atoms with Crippen molar-refractivity contribution in [2.24, 2.45) is 7.05 Å². The highest BCUT2D eigenvalue weighted by Gasteiger charge is 2.22. The van der Waals surface area contributed by atoms with Crippen LogP contribution in [-0.4, -0.2) is 27.6 Å². The van der Waals surface area contributed by atoms with Gasteiger partial charge in [-0.3, -0.25) is 0 Å². The van der Waals surface area contributed by atoms with Crippen LogP contribution in [0.25, 0.3) is 0 Å². The molecule has 3 rings (SSSR count). The van der Waals surface area contributed by atoms with Crippen LogP contribution >= 0.6 is 11.3 Å². The number of nitrogens with one attached hydrogen (secondary N) is 1. The lowest BCUT2D eigenvalue weighted by molar-refractivity contribution is 0.689. The Bertz CT molecular complexity index is 599. The summed E-state index contributed by atoms with van der Waals surface area (Å²) >= 11 is 1.80. The fourth-order valence-corrected chi connectivity index (χ4v) is 3.36. The summed E-state index contributed by atoms with van der Waals surface area (Å²) in [5.41, 5.74) is 1.23. The van der Waals surface area contributed by atoms with Crippen LogP contribution < -0.4 is 10.2 Å². The highest BCUT2D eigenvalue weighted by Crippen LogP contribution is 2.28. The predicted molar refractivity (Wildman–Crippen MR) is 86.7 cm³/mol. The standard InChI is InChI=1S/C15H23N5S/c1-4-12-13(9-17-11-5-6-11)21-15(18-12)20(3)10-14-16-7-8-19(14)2/h7-8,11,17H,4-6,9-10H2,1-3H3. The van der Waals surface area contributed by atoms with E-state index in [2.05, 4.69) is 33.7 Å². The third-order valence-electron chi connectivity index (χ3n) is 3.86. The van der Waals surface area contributed by atoms with Crippen molar-refractivity contribution in [3.63, 3.8) is 0 Å². The number of hydrogen-bond acceptors (Lipinski definition) is 5. The Morgan fingerprint density at radius 1 is 1.48 bits per heavy atom. The first-order chi connectivity index (χ1) is 10.2. The minimum Gasteiger partial charge on any atom is -0.344 e. The molecule has 2 aromatic rings. The van der Waals surface area contributed by atoms with Crippen LogP contribution in [0.3, 0.4) is 0 Å². The highest BCUT2D eigenvalue weighted by atomic mass is 32.1. The first-order valence-corrected chi connectivity index (χ1v) is 8.38. The minimum absolute atomic E-state index is 0.741. The molecule has 0 unspecified atom stereocenters. The second kappa shape index (κ2) is 6.15. The lowest BCUT2D eigenvalue weighted by Crippen LogP contribution is -2.18. The third kappa shape index (κ3) is 3.44. The first-order valence-electron chi connectivity index (χ1n) is 7.56. The van der Waals surface area contributed by atoms with E-state index in [1.165, 1.54) is 23.4 Å². The number of hydrogen-bond donors (Lipinski definition) is 1. The Morgan fingerprint density at radius 2 is 2.29 bits per heavy atom. The molecule has 1 N–H and O–H groups in total. The van der Waals surface area contributed by atoms with E-state index in [1.807, 2.05) is 19.4 Å². The summed E-state index contributed by atoms with van der Waals surface area (Å²) in [6.45, 7) is 3.93. The number of anilines is 1. The second-order valence-corrected chi connectivity index (χ2v) is 6.75. The van der Waals surface area contributed by atoms with Gasteiger partial charge < -0.3 is 14.8 Å². The van der Waals surface area contributed by atoms with Crippen molar-refractivity contribution in [1.29, 1.82) is 0 Å². The maximum absolute atomic E-state index is 4.80. The normalized spacial score (nSPS) is 14.6. The molecular weight excluding hydrogens is 282 g/mol. The smallest absolute Gasteiger partial charge is 0.185 e. The van der Waals surface area contributed by atoms with Gasteiger partial charge in [0, 0.05) is 44.0 Å². The van der Waals surface area contributed by atoms with Crippen LogP contribution in [0.5, 0.6) is 0 Å². The van der Waals surface area contributed by atoms with Crippen molar-refractivity contribution in [3.8, 4) is 0 Å². The molecule has 21 heavy (non-hydrogen) atoms. The minimum atomic E-state index is 0.741. The van der Waals surface area contributed by atoms with E-state index < -0.39 is 0 Å². The summed E-state index contributed by atoms with van der Waals surface area (Å²) in [5.74, 6) is 1.06. The third-order valence-corrected chi connectivity index (χ3v) is 5.07. The quantitative estimate of drug-likeness (QED) is 0.853. The molecule has 0 radical (unpaired) electrons. The van der Waals surface area contributed by atoms with Crippen LogP contribution in [0.15, 0.2) is 12.4 Å². The topological polar surface area (TPSA) is 46.0 Å². The maximum atomic E-state index is 4.80. The Hall–Kier alpha value is -1.40. The molecule has 0 saturated heterocycles. The molecule has 0 atom stereocenters. The summed E-state index contributed by atoms with van der Waals surface area (Å²) in [5, 5.41) is 4.68. The fourth-order valence-electron chi connectivity index (χ4n) is 2.30. The van der Waals surface area contributed by atoms with E-state index in [9.17, 15) is 0 Å². The van der Waals surface area contributed by atoms with Gasteiger partial charge in [-0.1, -0.05) is 6.92 Å². The van der Waals surface area contributed by atoms with E-state index in [1.54, 1.807) is 11.3 Å². The van der Waals surface area contributed by atoms with Crippen molar-refractivity contribution in [2.75, 3.05) is 11.9 Å². The van der Waals surface area contributed by atoms with Gasteiger partial charge in [0.1, 0.15) is 5.82 Å². The van der Waals surface area contributed by atoms with Crippen LogP contribution in [0.4, 0.5) is 5.13 Å². The molecule has 2 heterocycles. The number of aryl methyl sites for hydroxylation is 2. The zero-order chi connectivity index (χ0) is 14.8. The van der Waals surface area contributed by atoms with Crippen LogP contribution in [0, 0.1) is 0 Å². The number of aromatic nitrogens is 3. The van der Waals surface area contributed by atoms with E-state index in [0.29, 0.717) is 0 Å². The van der Waals surface area contributed by atoms with Crippen molar-refractivity contribution in [1.82, 2.24) is 19.9 Å². The predicted octanol–water partition coefficient (Wildman–Crippen LogP) is 2.33. The fraction of sp³-hybridized carbons (Fsp3) is 0.600. The van der Waals surface area contributed by atoms with Gasteiger partial charge in [-0.25, -0.2) is 9.97 Å². The van der Waals surface area contributed by atoms with E-state index in [0.717, 1.165) is 36.5 Å². The van der Waals surface area contributed by atoms with Crippen LogP contribution in [0.1, 0.15) is 36.2 Å². The van der Waals surface area contributed by atoms with Gasteiger partial charge in [0.15, 0.2) is 5.13 Å². The lowest BCUT2D eigenvalue weighted by atomic mass is 10.3. The molecule has 0 aliphatic heterocycles. The lowest BCUT2D eigenvalue weighted by Gasteiger charge is -2.15. The average molecular weight is 305 g/mol. The van der Waals surface area contributed by atoms with Crippen molar-refractivity contribution < 1.29 is 0 Å².